The fourth-order valence-corrected chi connectivity index (χ4v) is 2.29. The second kappa shape index (κ2) is 4.40. The number of β-amino-alcohol motifs (C(OH)–C–C–N with tert-alkyl or cyclic N) is 1. The molecule has 2 rings (SSSR count). The predicted molar refractivity (Wildman–Crippen MR) is 50.6 cm³/mol. The number of aliphatic hydroxyl groups excluding tert-OH is 1. The number of nitrogens with zero attached hydrogens (tertiary/aromatic N) is 1. The van der Waals surface area contributed by atoms with Gasteiger partial charge in [0.1, 0.15) is 0 Å². The molecular weight excluding hydrogens is 166 g/mol. The lowest BCUT2D eigenvalue weighted by Gasteiger charge is -2.31. The molecule has 76 valence electrons. The summed E-state index contributed by atoms with van der Waals surface area (Å²) in [5, 5.41) is 9.48. The highest BCUT2D eigenvalue weighted by molar-refractivity contribution is 4.75. The first-order chi connectivity index (χ1) is 6.34. The molecule has 3 nitrogen and oxygen atoms in total. The largest absolute Gasteiger partial charge is 0.392 e. The molecule has 2 heterocycles. The SMILES string of the molecule is O[C@H]1CCCN(CC2CCOC2)C1. The lowest BCUT2D eigenvalue weighted by molar-refractivity contribution is 0.0601. The quantitative estimate of drug-likeness (QED) is 0.679. The van der Waals surface area contributed by atoms with Crippen molar-refractivity contribution in [1.82, 2.24) is 4.90 Å². The minimum absolute atomic E-state index is 0.0870. The molecule has 2 saturated heterocycles. The Morgan fingerprint density at radius 3 is 3.00 bits per heavy atom. The summed E-state index contributed by atoms with van der Waals surface area (Å²) in [6.07, 6.45) is 3.25. The molecule has 1 N–H and O–H groups in total. The Bertz CT molecular complexity index is 157. The Labute approximate surface area is 79.7 Å². The predicted octanol–water partition coefficient (Wildman–Crippen LogP) is 0.480. The third-order valence-electron chi connectivity index (χ3n) is 3.02. The third-order valence-corrected chi connectivity index (χ3v) is 3.02. The first-order valence-electron chi connectivity index (χ1n) is 5.33. The topological polar surface area (TPSA) is 32.7 Å². The number of hydrogen-bond acceptors (Lipinski definition) is 3. The molecule has 0 amide bonds. The number of piperidine rings is 1. The monoisotopic (exact) mass is 185 g/mol. The minimum atomic E-state index is -0.0870. The summed E-state index contributed by atoms with van der Waals surface area (Å²) in [5.41, 5.74) is 0. The van der Waals surface area contributed by atoms with Crippen LogP contribution in [0.3, 0.4) is 0 Å². The Morgan fingerprint density at radius 2 is 2.31 bits per heavy atom. The van der Waals surface area contributed by atoms with Crippen molar-refractivity contribution in [2.45, 2.75) is 25.4 Å². The zero-order valence-electron chi connectivity index (χ0n) is 8.11. The number of ether oxygens (including phenoxy) is 1. The van der Waals surface area contributed by atoms with E-state index >= 15 is 0 Å². The van der Waals surface area contributed by atoms with Gasteiger partial charge in [-0.15, -0.1) is 0 Å². The van der Waals surface area contributed by atoms with Crippen molar-refractivity contribution >= 4 is 0 Å². The normalized spacial score (nSPS) is 36.7. The van der Waals surface area contributed by atoms with Crippen molar-refractivity contribution in [2.24, 2.45) is 5.92 Å². The van der Waals surface area contributed by atoms with E-state index in [4.69, 9.17) is 4.74 Å². The summed E-state index contributed by atoms with van der Waals surface area (Å²) in [5.74, 6) is 0.713. The van der Waals surface area contributed by atoms with E-state index in [-0.39, 0.29) is 6.10 Å². The summed E-state index contributed by atoms with van der Waals surface area (Å²) in [4.78, 5) is 2.38. The van der Waals surface area contributed by atoms with Gasteiger partial charge >= 0.3 is 0 Å². The molecule has 0 radical (unpaired) electrons. The fourth-order valence-electron chi connectivity index (χ4n) is 2.29. The second-order valence-electron chi connectivity index (χ2n) is 4.29. The Morgan fingerprint density at radius 1 is 1.38 bits per heavy atom. The first kappa shape index (κ1) is 9.44. The Kier molecular flexibility index (Phi) is 3.19. The van der Waals surface area contributed by atoms with Gasteiger partial charge in [0.05, 0.1) is 12.7 Å². The van der Waals surface area contributed by atoms with Gasteiger partial charge in [-0.25, -0.2) is 0 Å². The van der Waals surface area contributed by atoms with Crippen LogP contribution in [0.5, 0.6) is 0 Å². The average molecular weight is 185 g/mol. The van der Waals surface area contributed by atoms with Crippen LogP contribution in [-0.4, -0.2) is 49.0 Å². The van der Waals surface area contributed by atoms with Crippen molar-refractivity contribution in [2.75, 3.05) is 32.8 Å². The average Bonchev–Trinajstić information content (AvgIpc) is 2.57. The van der Waals surface area contributed by atoms with Crippen LogP contribution in [0.25, 0.3) is 0 Å². The molecule has 13 heavy (non-hydrogen) atoms. The summed E-state index contributed by atoms with van der Waals surface area (Å²) in [6, 6.07) is 0. The van der Waals surface area contributed by atoms with Gasteiger partial charge in [-0.1, -0.05) is 0 Å². The lowest BCUT2D eigenvalue weighted by Crippen LogP contribution is -2.40. The molecule has 3 heteroatoms. The molecule has 0 bridgehead atoms. The molecule has 0 aliphatic carbocycles. The zero-order chi connectivity index (χ0) is 9.10. The van der Waals surface area contributed by atoms with Crippen LogP contribution >= 0.6 is 0 Å². The van der Waals surface area contributed by atoms with Gasteiger partial charge in [0.15, 0.2) is 0 Å². The molecule has 0 spiro atoms. The molecule has 0 aromatic carbocycles. The van der Waals surface area contributed by atoms with E-state index in [1.54, 1.807) is 0 Å². The number of hydrogen-bond donors (Lipinski definition) is 1. The number of aliphatic hydroxyl groups is 1. The van der Waals surface area contributed by atoms with E-state index < -0.39 is 0 Å². The number of rotatable bonds is 2. The van der Waals surface area contributed by atoms with E-state index in [1.165, 1.54) is 6.42 Å². The highest BCUT2D eigenvalue weighted by Crippen LogP contribution is 2.17. The summed E-state index contributed by atoms with van der Waals surface area (Å²) in [6.45, 7) is 5.01. The molecule has 0 aromatic heterocycles. The van der Waals surface area contributed by atoms with Gasteiger partial charge in [-0.05, 0) is 31.7 Å². The van der Waals surface area contributed by atoms with Crippen molar-refractivity contribution in [3.05, 3.63) is 0 Å². The molecule has 0 saturated carbocycles. The Balaban J connectivity index is 1.73. The van der Waals surface area contributed by atoms with E-state index in [0.29, 0.717) is 5.92 Å². The molecule has 0 aromatic rings. The van der Waals surface area contributed by atoms with Gasteiger partial charge in [-0.3, -0.25) is 0 Å². The van der Waals surface area contributed by atoms with Crippen LogP contribution in [0, 0.1) is 5.92 Å². The molecule has 2 aliphatic rings. The summed E-state index contributed by atoms with van der Waals surface area (Å²) in [7, 11) is 0. The lowest BCUT2D eigenvalue weighted by atomic mass is 10.0. The van der Waals surface area contributed by atoms with Gasteiger partial charge in [0.25, 0.3) is 0 Å². The number of likely N-dealkylation sites (tertiary alicyclic amines) is 1. The minimum Gasteiger partial charge on any atom is -0.392 e. The fraction of sp³-hybridized carbons (Fsp3) is 1.00. The van der Waals surface area contributed by atoms with Crippen LogP contribution in [0.1, 0.15) is 19.3 Å². The van der Waals surface area contributed by atoms with E-state index in [0.717, 1.165) is 45.7 Å². The maximum Gasteiger partial charge on any atom is 0.0667 e. The van der Waals surface area contributed by atoms with E-state index in [1.807, 2.05) is 0 Å². The van der Waals surface area contributed by atoms with Crippen LogP contribution in [0.2, 0.25) is 0 Å². The smallest absolute Gasteiger partial charge is 0.0667 e. The third kappa shape index (κ3) is 2.66. The second-order valence-corrected chi connectivity index (χ2v) is 4.29. The van der Waals surface area contributed by atoms with Crippen molar-refractivity contribution < 1.29 is 9.84 Å². The van der Waals surface area contributed by atoms with E-state index in [9.17, 15) is 5.11 Å². The van der Waals surface area contributed by atoms with Crippen LogP contribution in [0.15, 0.2) is 0 Å². The molecule has 2 aliphatic heterocycles. The summed E-state index contributed by atoms with van der Waals surface area (Å²) >= 11 is 0. The van der Waals surface area contributed by atoms with Gasteiger partial charge in [-0.2, -0.15) is 0 Å². The van der Waals surface area contributed by atoms with Gasteiger partial charge in [0.2, 0.25) is 0 Å². The first-order valence-corrected chi connectivity index (χ1v) is 5.33. The molecule has 1 unspecified atom stereocenters. The van der Waals surface area contributed by atoms with Crippen LogP contribution in [0.4, 0.5) is 0 Å². The molecule has 2 fully saturated rings. The van der Waals surface area contributed by atoms with Crippen LogP contribution < -0.4 is 0 Å². The Hall–Kier alpha value is -0.120. The maximum atomic E-state index is 9.48. The molecule has 2 atom stereocenters. The zero-order valence-corrected chi connectivity index (χ0v) is 8.11. The highest BCUT2D eigenvalue weighted by atomic mass is 16.5. The molecular formula is C10H19NO2. The van der Waals surface area contributed by atoms with Crippen molar-refractivity contribution in [3.8, 4) is 0 Å². The van der Waals surface area contributed by atoms with Gasteiger partial charge < -0.3 is 14.7 Å². The van der Waals surface area contributed by atoms with Crippen LogP contribution in [-0.2, 0) is 4.74 Å². The van der Waals surface area contributed by atoms with Crippen molar-refractivity contribution in [1.29, 1.82) is 0 Å². The standard InChI is InChI=1S/C10H19NO2/c12-10-2-1-4-11(7-10)6-9-3-5-13-8-9/h9-10,12H,1-8H2/t9?,10-/m0/s1. The van der Waals surface area contributed by atoms with Gasteiger partial charge in [0, 0.05) is 19.7 Å². The van der Waals surface area contributed by atoms with Crippen molar-refractivity contribution in [3.63, 3.8) is 0 Å². The summed E-state index contributed by atoms with van der Waals surface area (Å²) < 4.78 is 5.34. The van der Waals surface area contributed by atoms with E-state index in [2.05, 4.69) is 4.90 Å². The maximum absolute atomic E-state index is 9.48. The highest BCUT2D eigenvalue weighted by Gasteiger charge is 2.23.